The molecule has 19 heavy (non-hydrogen) atoms. The van der Waals surface area contributed by atoms with Crippen LogP contribution in [0.2, 0.25) is 0 Å². The summed E-state index contributed by atoms with van der Waals surface area (Å²) in [5.41, 5.74) is 2.27. The van der Waals surface area contributed by atoms with Crippen molar-refractivity contribution in [3.05, 3.63) is 47.9 Å². The second kappa shape index (κ2) is 6.95. The normalized spacial score (nSPS) is 12.3. The molecule has 0 amide bonds. The number of hydrogen-bond donors (Lipinski definition) is 1. The molecule has 0 spiro atoms. The lowest BCUT2D eigenvalue weighted by molar-refractivity contribution is 0.404. The van der Waals surface area contributed by atoms with Gasteiger partial charge < -0.3 is 14.6 Å². The highest BCUT2D eigenvalue weighted by molar-refractivity contribution is 5.27. The Labute approximate surface area is 113 Å². The molecular weight excluding hydrogens is 240 g/mol. The van der Waals surface area contributed by atoms with E-state index in [0.717, 1.165) is 30.8 Å². The number of aromatic nitrogens is 1. The van der Waals surface area contributed by atoms with Crippen LogP contribution in [0.5, 0.6) is 5.75 Å². The fourth-order valence-corrected chi connectivity index (χ4v) is 1.88. The summed E-state index contributed by atoms with van der Waals surface area (Å²) in [6.07, 6.45) is 3.74. The lowest BCUT2D eigenvalue weighted by atomic mass is 10.1. The minimum Gasteiger partial charge on any atom is -0.497 e. The van der Waals surface area contributed by atoms with Gasteiger partial charge in [-0.25, -0.2) is 0 Å². The molecule has 2 rings (SSSR count). The van der Waals surface area contributed by atoms with Gasteiger partial charge in [-0.3, -0.25) is 0 Å². The van der Waals surface area contributed by atoms with E-state index >= 15 is 0 Å². The van der Waals surface area contributed by atoms with Crippen LogP contribution in [0, 0.1) is 0 Å². The SMILES string of the molecule is COc1ccc(CCC(C)NCc2ccon2)cc1. The summed E-state index contributed by atoms with van der Waals surface area (Å²) in [6.45, 7) is 2.93. The Morgan fingerprint density at radius 3 is 2.68 bits per heavy atom. The highest BCUT2D eigenvalue weighted by atomic mass is 16.5. The Hall–Kier alpha value is -1.81. The minimum absolute atomic E-state index is 0.443. The van der Waals surface area contributed by atoms with Gasteiger partial charge in [0, 0.05) is 18.7 Å². The summed E-state index contributed by atoms with van der Waals surface area (Å²) in [7, 11) is 1.69. The molecule has 1 atom stereocenters. The Morgan fingerprint density at radius 1 is 1.26 bits per heavy atom. The van der Waals surface area contributed by atoms with E-state index in [1.807, 2.05) is 18.2 Å². The summed E-state index contributed by atoms with van der Waals surface area (Å²) in [6, 6.07) is 10.6. The van der Waals surface area contributed by atoms with Gasteiger partial charge in [0.15, 0.2) is 0 Å². The van der Waals surface area contributed by atoms with Crippen LogP contribution in [0.15, 0.2) is 41.1 Å². The molecule has 0 bridgehead atoms. The first kappa shape index (κ1) is 13.6. The number of ether oxygens (including phenoxy) is 1. The first-order valence-electron chi connectivity index (χ1n) is 6.53. The van der Waals surface area contributed by atoms with Crippen molar-refractivity contribution in [2.24, 2.45) is 0 Å². The highest BCUT2D eigenvalue weighted by Gasteiger charge is 2.04. The molecule has 0 saturated heterocycles. The van der Waals surface area contributed by atoms with Gasteiger partial charge in [0.1, 0.15) is 12.0 Å². The van der Waals surface area contributed by atoms with Gasteiger partial charge in [0.25, 0.3) is 0 Å². The number of hydrogen-bond acceptors (Lipinski definition) is 4. The summed E-state index contributed by atoms with van der Waals surface area (Å²) in [5.74, 6) is 0.904. The fourth-order valence-electron chi connectivity index (χ4n) is 1.88. The molecule has 4 nitrogen and oxygen atoms in total. The zero-order valence-corrected chi connectivity index (χ0v) is 11.4. The Bertz CT molecular complexity index is 465. The molecule has 1 aromatic carbocycles. The van der Waals surface area contributed by atoms with E-state index < -0.39 is 0 Å². The van der Waals surface area contributed by atoms with Crippen molar-refractivity contribution < 1.29 is 9.26 Å². The van der Waals surface area contributed by atoms with Crippen LogP contribution in [0.4, 0.5) is 0 Å². The quantitative estimate of drug-likeness (QED) is 0.831. The van der Waals surface area contributed by atoms with Gasteiger partial charge in [0.05, 0.1) is 12.8 Å². The zero-order valence-electron chi connectivity index (χ0n) is 11.4. The first-order chi connectivity index (χ1) is 9.28. The van der Waals surface area contributed by atoms with Crippen LogP contribution < -0.4 is 10.1 Å². The van der Waals surface area contributed by atoms with Crippen LogP contribution in [0.3, 0.4) is 0 Å². The Kier molecular flexibility index (Phi) is 4.98. The van der Waals surface area contributed by atoms with E-state index in [0.29, 0.717) is 6.04 Å². The van der Waals surface area contributed by atoms with Crippen LogP contribution in [0.25, 0.3) is 0 Å². The first-order valence-corrected chi connectivity index (χ1v) is 6.53. The maximum absolute atomic E-state index is 5.15. The third-order valence-corrected chi connectivity index (χ3v) is 3.15. The average Bonchev–Trinajstić information content (AvgIpc) is 2.96. The highest BCUT2D eigenvalue weighted by Crippen LogP contribution is 2.13. The van der Waals surface area contributed by atoms with Crippen LogP contribution >= 0.6 is 0 Å². The number of methoxy groups -OCH3 is 1. The third kappa shape index (κ3) is 4.41. The van der Waals surface area contributed by atoms with E-state index in [1.165, 1.54) is 5.56 Å². The van der Waals surface area contributed by atoms with Crippen molar-refractivity contribution in [3.8, 4) is 5.75 Å². The average molecular weight is 260 g/mol. The van der Waals surface area contributed by atoms with Crippen molar-refractivity contribution in [2.75, 3.05) is 7.11 Å². The van der Waals surface area contributed by atoms with Gasteiger partial charge in [-0.2, -0.15) is 0 Å². The Balaban J connectivity index is 1.71. The van der Waals surface area contributed by atoms with E-state index in [9.17, 15) is 0 Å². The van der Waals surface area contributed by atoms with Crippen molar-refractivity contribution >= 4 is 0 Å². The lowest BCUT2D eigenvalue weighted by Gasteiger charge is -2.12. The van der Waals surface area contributed by atoms with Gasteiger partial charge >= 0.3 is 0 Å². The topological polar surface area (TPSA) is 47.3 Å². The lowest BCUT2D eigenvalue weighted by Crippen LogP contribution is -2.26. The van der Waals surface area contributed by atoms with E-state index in [4.69, 9.17) is 9.26 Å². The van der Waals surface area contributed by atoms with Crippen molar-refractivity contribution in [1.29, 1.82) is 0 Å². The van der Waals surface area contributed by atoms with Crippen LogP contribution in [0.1, 0.15) is 24.6 Å². The molecule has 0 saturated carbocycles. The number of nitrogens with one attached hydrogen (secondary N) is 1. The fraction of sp³-hybridized carbons (Fsp3) is 0.400. The molecule has 0 aliphatic carbocycles. The van der Waals surface area contributed by atoms with E-state index in [-0.39, 0.29) is 0 Å². The molecule has 1 N–H and O–H groups in total. The molecule has 2 aromatic rings. The smallest absolute Gasteiger partial charge is 0.124 e. The molecule has 1 heterocycles. The third-order valence-electron chi connectivity index (χ3n) is 3.15. The zero-order chi connectivity index (χ0) is 13.5. The van der Waals surface area contributed by atoms with Gasteiger partial charge in [0.2, 0.25) is 0 Å². The van der Waals surface area contributed by atoms with Crippen molar-refractivity contribution in [2.45, 2.75) is 32.4 Å². The summed E-state index contributed by atoms with van der Waals surface area (Å²) in [5, 5.41) is 7.30. The summed E-state index contributed by atoms with van der Waals surface area (Å²) in [4.78, 5) is 0. The maximum Gasteiger partial charge on any atom is 0.124 e. The van der Waals surface area contributed by atoms with Crippen LogP contribution in [-0.2, 0) is 13.0 Å². The standard InChI is InChI=1S/C15H20N2O2/c1-12(16-11-14-9-10-19-17-14)3-4-13-5-7-15(18-2)8-6-13/h5-10,12,16H,3-4,11H2,1-2H3. The monoisotopic (exact) mass is 260 g/mol. The largest absolute Gasteiger partial charge is 0.497 e. The maximum atomic E-state index is 5.15. The minimum atomic E-state index is 0.443. The van der Waals surface area contributed by atoms with E-state index in [1.54, 1.807) is 13.4 Å². The molecule has 0 aliphatic rings. The molecule has 4 heteroatoms. The second-order valence-electron chi connectivity index (χ2n) is 4.66. The van der Waals surface area contributed by atoms with E-state index in [2.05, 4.69) is 29.5 Å². The molecule has 102 valence electrons. The number of benzene rings is 1. The van der Waals surface area contributed by atoms with Crippen molar-refractivity contribution in [3.63, 3.8) is 0 Å². The molecule has 1 unspecified atom stereocenters. The van der Waals surface area contributed by atoms with Gasteiger partial charge in [-0.1, -0.05) is 17.3 Å². The van der Waals surface area contributed by atoms with Gasteiger partial charge in [-0.15, -0.1) is 0 Å². The molecule has 0 radical (unpaired) electrons. The number of nitrogens with zero attached hydrogens (tertiary/aromatic N) is 1. The van der Waals surface area contributed by atoms with Crippen molar-refractivity contribution in [1.82, 2.24) is 10.5 Å². The molecule has 0 aliphatic heterocycles. The van der Waals surface area contributed by atoms with Gasteiger partial charge in [-0.05, 0) is 37.5 Å². The predicted molar refractivity (Wildman–Crippen MR) is 74.1 cm³/mol. The molecule has 0 fully saturated rings. The summed E-state index contributed by atoms with van der Waals surface area (Å²) < 4.78 is 9.94. The second-order valence-corrected chi connectivity index (χ2v) is 4.66. The summed E-state index contributed by atoms with van der Waals surface area (Å²) >= 11 is 0. The van der Waals surface area contributed by atoms with Crippen LogP contribution in [-0.4, -0.2) is 18.3 Å². The number of aryl methyl sites for hydroxylation is 1. The number of rotatable bonds is 7. The molecule has 1 aromatic heterocycles. The predicted octanol–water partition coefficient (Wildman–Crippen LogP) is 2.79. The molecular formula is C15H20N2O2. The Morgan fingerprint density at radius 2 is 2.05 bits per heavy atom.